The van der Waals surface area contributed by atoms with Crippen molar-refractivity contribution in [2.75, 3.05) is 0 Å². The van der Waals surface area contributed by atoms with Crippen LogP contribution >= 0.6 is 11.3 Å². The number of hydrogen-bond donors (Lipinski definition) is 0. The Labute approximate surface area is 250 Å². The minimum absolute atomic E-state index is 0.346. The van der Waals surface area contributed by atoms with Crippen LogP contribution in [0.5, 0.6) is 0 Å². The van der Waals surface area contributed by atoms with Gasteiger partial charge in [-0.25, -0.2) is 4.98 Å². The topological polar surface area (TPSA) is 31.0 Å². The van der Waals surface area contributed by atoms with Gasteiger partial charge in [0, 0.05) is 40.6 Å². The minimum Gasteiger partial charge on any atom is -0.454 e. The summed E-state index contributed by atoms with van der Waals surface area (Å²) in [5, 5.41) is 4.49. The first-order valence-electron chi connectivity index (χ1n) is 15.4. The van der Waals surface area contributed by atoms with Crippen LogP contribution in [0.15, 0.2) is 132 Å². The van der Waals surface area contributed by atoms with E-state index in [9.17, 15) is 0 Å². The van der Waals surface area contributed by atoms with Gasteiger partial charge in [-0.05, 0) is 72.6 Å². The highest BCUT2D eigenvalue weighted by Gasteiger charge is 2.20. The van der Waals surface area contributed by atoms with Crippen molar-refractivity contribution in [1.82, 2.24) is 9.55 Å². The zero-order valence-corrected chi connectivity index (χ0v) is 23.2. The van der Waals surface area contributed by atoms with E-state index in [0.29, 0.717) is 5.56 Å². The molecule has 0 aliphatic rings. The first-order chi connectivity index (χ1) is 21.9. The molecule has 0 fully saturated rings. The molecule has 3 heterocycles. The molecule has 4 heteroatoms. The fraction of sp³-hybridized carbons (Fsp3) is 0.0263. The second kappa shape index (κ2) is 8.90. The maximum Gasteiger partial charge on any atom is 0.159 e. The highest BCUT2D eigenvalue weighted by Crippen LogP contribution is 2.40. The van der Waals surface area contributed by atoms with Gasteiger partial charge in [-0.1, -0.05) is 78.4 Å². The first-order valence-corrected chi connectivity index (χ1v) is 14.7. The molecule has 0 bridgehead atoms. The third-order valence-electron chi connectivity index (χ3n) is 8.13. The molecule has 0 atom stereocenters. The lowest BCUT2D eigenvalue weighted by molar-refractivity contribution is 0.666. The smallest absolute Gasteiger partial charge is 0.159 e. The molecule has 0 aliphatic carbocycles. The Morgan fingerprint density at radius 3 is 2.21 bits per heavy atom. The molecule has 0 unspecified atom stereocenters. The van der Waals surface area contributed by atoms with E-state index in [1.165, 1.54) is 9.40 Å². The Morgan fingerprint density at radius 1 is 0.643 bits per heavy atom. The van der Waals surface area contributed by atoms with Gasteiger partial charge < -0.3 is 4.42 Å². The summed E-state index contributed by atoms with van der Waals surface area (Å²) in [6, 6.07) is 42.9. The third-order valence-corrected chi connectivity index (χ3v) is 9.28. The molecule has 0 amide bonds. The van der Waals surface area contributed by atoms with Crippen molar-refractivity contribution in [3.05, 3.63) is 133 Å². The number of hydrogen-bond acceptors (Lipinski definition) is 3. The quantitative estimate of drug-likeness (QED) is 0.216. The molecule has 0 N–H and O–H groups in total. The molecule has 9 rings (SSSR count). The summed E-state index contributed by atoms with van der Waals surface area (Å²) in [6.07, 6.45) is 0. The lowest BCUT2D eigenvalue weighted by Gasteiger charge is -2.10. The molecule has 3 nitrogen and oxygen atoms in total. The number of fused-ring (bicyclic) bond motifs is 7. The van der Waals surface area contributed by atoms with Crippen molar-refractivity contribution >= 4 is 64.5 Å². The van der Waals surface area contributed by atoms with E-state index in [0.717, 1.165) is 71.9 Å². The molecular formula is C38H24N2OS. The van der Waals surface area contributed by atoms with Gasteiger partial charge >= 0.3 is 0 Å². The summed E-state index contributed by atoms with van der Waals surface area (Å²) in [6.45, 7) is -2.12. The molecule has 0 saturated heterocycles. The number of aryl methyl sites for hydroxylation is 1. The van der Waals surface area contributed by atoms with Crippen molar-refractivity contribution in [3.8, 4) is 28.2 Å². The summed E-state index contributed by atoms with van der Waals surface area (Å²) >= 11 is 1.77. The van der Waals surface area contributed by atoms with Crippen molar-refractivity contribution in [1.29, 1.82) is 0 Å². The number of para-hydroxylation sites is 4. The second-order valence-electron chi connectivity index (χ2n) is 10.6. The summed E-state index contributed by atoms with van der Waals surface area (Å²) in [7, 11) is 0. The van der Waals surface area contributed by atoms with Crippen molar-refractivity contribution in [2.24, 2.45) is 0 Å². The van der Waals surface area contributed by atoms with Gasteiger partial charge in [0.25, 0.3) is 0 Å². The predicted octanol–water partition coefficient (Wildman–Crippen LogP) is 10.9. The van der Waals surface area contributed by atoms with Crippen LogP contribution in [0, 0.1) is 6.85 Å². The number of furan rings is 1. The molecule has 3 aromatic heterocycles. The molecule has 0 aliphatic heterocycles. The zero-order chi connectivity index (χ0) is 30.3. The van der Waals surface area contributed by atoms with E-state index >= 15 is 0 Å². The Bertz CT molecular complexity index is 2590. The SMILES string of the molecule is [2H]C([2H])([2H])c1ccc(-c2ccc3sc4ccc(-c5nc6ccccc6n5-c5cccc6c5oc5ccccc56)cc4c3c2)cc1. The Balaban J connectivity index is 1.24. The van der Waals surface area contributed by atoms with Crippen LogP contribution in [0.25, 0.3) is 81.3 Å². The van der Waals surface area contributed by atoms with E-state index in [2.05, 4.69) is 77.4 Å². The Kier molecular flexibility index (Phi) is 4.38. The lowest BCUT2D eigenvalue weighted by atomic mass is 10.0. The Morgan fingerprint density at radius 2 is 1.36 bits per heavy atom. The molecule has 9 aromatic rings. The average molecular weight is 560 g/mol. The summed E-state index contributed by atoms with van der Waals surface area (Å²) in [4.78, 5) is 5.16. The van der Waals surface area contributed by atoms with Crippen molar-refractivity contribution < 1.29 is 8.53 Å². The van der Waals surface area contributed by atoms with Crippen LogP contribution < -0.4 is 0 Å². The number of imidazole rings is 1. The van der Waals surface area contributed by atoms with Crippen LogP contribution in [-0.4, -0.2) is 9.55 Å². The molecule has 6 aromatic carbocycles. The normalized spacial score (nSPS) is 13.3. The lowest BCUT2D eigenvalue weighted by Crippen LogP contribution is -1.98. The highest BCUT2D eigenvalue weighted by atomic mass is 32.1. The summed E-state index contributed by atoms with van der Waals surface area (Å²) in [5.41, 5.74) is 7.97. The van der Waals surface area contributed by atoms with Gasteiger partial charge in [0.2, 0.25) is 0 Å². The molecule has 0 saturated carbocycles. The largest absolute Gasteiger partial charge is 0.454 e. The Hall–Kier alpha value is -5.19. The van der Waals surface area contributed by atoms with Crippen LogP contribution in [0.3, 0.4) is 0 Å². The highest BCUT2D eigenvalue weighted by molar-refractivity contribution is 7.25. The fourth-order valence-corrected chi connectivity index (χ4v) is 7.20. The van der Waals surface area contributed by atoms with Gasteiger partial charge in [-0.15, -0.1) is 11.3 Å². The predicted molar refractivity (Wildman–Crippen MR) is 177 cm³/mol. The minimum atomic E-state index is -2.12. The maximum absolute atomic E-state index is 7.71. The van der Waals surface area contributed by atoms with E-state index < -0.39 is 6.85 Å². The number of aromatic nitrogens is 2. The molecular weight excluding hydrogens is 532 g/mol. The molecule has 198 valence electrons. The summed E-state index contributed by atoms with van der Waals surface area (Å²) < 4.78 is 34.2. The van der Waals surface area contributed by atoms with Gasteiger partial charge in [0.15, 0.2) is 5.58 Å². The average Bonchev–Trinajstić information content (AvgIpc) is 3.75. The van der Waals surface area contributed by atoms with Crippen LogP contribution in [0.4, 0.5) is 0 Å². The van der Waals surface area contributed by atoms with Gasteiger partial charge in [0.1, 0.15) is 11.4 Å². The monoisotopic (exact) mass is 559 g/mol. The van der Waals surface area contributed by atoms with Crippen LogP contribution in [-0.2, 0) is 0 Å². The van der Waals surface area contributed by atoms with Gasteiger partial charge in [-0.2, -0.15) is 0 Å². The maximum atomic E-state index is 7.71. The van der Waals surface area contributed by atoms with Crippen LogP contribution in [0.1, 0.15) is 9.68 Å². The number of nitrogens with zero attached hydrogens (tertiary/aromatic N) is 2. The summed E-state index contributed by atoms with van der Waals surface area (Å²) in [5.74, 6) is 0.849. The number of thiophene rings is 1. The first kappa shape index (κ1) is 20.7. The van der Waals surface area contributed by atoms with Crippen LogP contribution in [0.2, 0.25) is 0 Å². The van der Waals surface area contributed by atoms with E-state index in [-0.39, 0.29) is 0 Å². The van der Waals surface area contributed by atoms with Gasteiger partial charge in [-0.3, -0.25) is 4.57 Å². The fourth-order valence-electron chi connectivity index (χ4n) is 6.13. The molecule has 0 spiro atoms. The van der Waals surface area contributed by atoms with E-state index in [1.807, 2.05) is 42.5 Å². The zero-order valence-electron chi connectivity index (χ0n) is 25.3. The number of benzene rings is 6. The van der Waals surface area contributed by atoms with Gasteiger partial charge in [0.05, 0.1) is 16.7 Å². The van der Waals surface area contributed by atoms with Crippen molar-refractivity contribution in [2.45, 2.75) is 6.85 Å². The van der Waals surface area contributed by atoms with E-state index in [4.69, 9.17) is 13.5 Å². The third kappa shape index (κ3) is 3.49. The van der Waals surface area contributed by atoms with Crippen molar-refractivity contribution in [3.63, 3.8) is 0 Å². The standard InChI is InChI=1S/C38H24N2OS/c1-23-13-15-24(16-14-23)25-17-19-35-29(21-25)30-22-26(18-20-36(30)42-35)38-39-31-9-3-4-10-32(31)40(38)33-11-6-8-28-27-7-2-5-12-34(27)41-37(28)33/h2-22H,1H3/i1D3. The molecule has 42 heavy (non-hydrogen) atoms. The number of rotatable bonds is 3. The molecule has 0 radical (unpaired) electrons. The second-order valence-corrected chi connectivity index (χ2v) is 11.7. The van der Waals surface area contributed by atoms with E-state index in [1.54, 1.807) is 23.5 Å².